The summed E-state index contributed by atoms with van der Waals surface area (Å²) in [4.78, 5) is 29.6. The van der Waals surface area contributed by atoms with Gasteiger partial charge in [-0.1, -0.05) is 46.3 Å². The first-order valence-electron chi connectivity index (χ1n) is 10.6. The molecule has 1 atom stereocenters. The van der Waals surface area contributed by atoms with Gasteiger partial charge in [0.15, 0.2) is 0 Å². The van der Waals surface area contributed by atoms with Gasteiger partial charge in [0.05, 0.1) is 18.7 Å². The van der Waals surface area contributed by atoms with Crippen molar-refractivity contribution in [2.45, 2.75) is 6.04 Å². The van der Waals surface area contributed by atoms with Gasteiger partial charge >= 0.3 is 0 Å². The Hall–Kier alpha value is -3.16. The van der Waals surface area contributed by atoms with Gasteiger partial charge in [0.25, 0.3) is 11.7 Å². The second kappa shape index (κ2) is 9.37. The van der Waals surface area contributed by atoms with Crippen LogP contribution in [-0.4, -0.2) is 60.9 Å². The maximum atomic E-state index is 13.1. The minimum absolute atomic E-state index is 0.102. The van der Waals surface area contributed by atoms with Crippen LogP contribution < -0.4 is 4.74 Å². The summed E-state index contributed by atoms with van der Waals surface area (Å²) in [6.45, 7) is 0.957. The number of Topliss-reactive ketones (excluding diaryl/α,β-unsaturated/α-hetero) is 1. The first kappa shape index (κ1) is 23.0. The van der Waals surface area contributed by atoms with Gasteiger partial charge < -0.3 is 19.6 Å². The average Bonchev–Trinajstić information content (AvgIpc) is 3.06. The molecule has 33 heavy (non-hydrogen) atoms. The predicted molar refractivity (Wildman–Crippen MR) is 132 cm³/mol. The Balaban J connectivity index is 1.85. The van der Waals surface area contributed by atoms with E-state index in [0.29, 0.717) is 18.7 Å². The SMILES string of the molecule is COc1ccc2cc(/C(O)=C3\C(=O)C(=O)N(CCN(C)C)C3c3cccc(Br)c3)ccc2c1. The molecule has 0 aromatic heterocycles. The molecule has 6 nitrogen and oxygen atoms in total. The molecule has 1 fully saturated rings. The Morgan fingerprint density at radius 2 is 1.79 bits per heavy atom. The van der Waals surface area contributed by atoms with Crippen molar-refractivity contribution >= 4 is 44.2 Å². The highest BCUT2D eigenvalue weighted by molar-refractivity contribution is 9.10. The molecule has 3 aromatic carbocycles. The molecule has 3 aromatic rings. The number of rotatable bonds is 6. The van der Waals surface area contributed by atoms with Gasteiger partial charge in [0.1, 0.15) is 11.5 Å². The molecule has 0 radical (unpaired) electrons. The summed E-state index contributed by atoms with van der Waals surface area (Å²) in [5, 5.41) is 13.1. The summed E-state index contributed by atoms with van der Waals surface area (Å²) in [5.74, 6) is -0.719. The van der Waals surface area contributed by atoms with Crippen LogP contribution in [0.3, 0.4) is 0 Å². The van der Waals surface area contributed by atoms with Crippen molar-refractivity contribution in [1.29, 1.82) is 0 Å². The zero-order valence-electron chi connectivity index (χ0n) is 18.7. The number of halogens is 1. The van der Waals surface area contributed by atoms with Crippen molar-refractivity contribution in [3.8, 4) is 5.75 Å². The second-order valence-corrected chi connectivity index (χ2v) is 9.19. The van der Waals surface area contributed by atoms with Crippen molar-refractivity contribution in [2.75, 3.05) is 34.3 Å². The van der Waals surface area contributed by atoms with Gasteiger partial charge in [0.2, 0.25) is 0 Å². The maximum absolute atomic E-state index is 13.1. The number of carbonyl (C=O) groups is 2. The van der Waals surface area contributed by atoms with Crippen molar-refractivity contribution in [3.63, 3.8) is 0 Å². The van der Waals surface area contributed by atoms with Crippen molar-refractivity contribution in [1.82, 2.24) is 9.80 Å². The first-order valence-corrected chi connectivity index (χ1v) is 11.4. The van der Waals surface area contributed by atoms with Crippen LogP contribution in [0.5, 0.6) is 5.75 Å². The number of hydrogen-bond donors (Lipinski definition) is 1. The van der Waals surface area contributed by atoms with Gasteiger partial charge in [-0.25, -0.2) is 0 Å². The van der Waals surface area contributed by atoms with Crippen LogP contribution in [0.15, 0.2) is 70.7 Å². The average molecular weight is 509 g/mol. The van der Waals surface area contributed by atoms with E-state index in [0.717, 1.165) is 26.6 Å². The summed E-state index contributed by atoms with van der Waals surface area (Å²) in [6.07, 6.45) is 0. The summed E-state index contributed by atoms with van der Waals surface area (Å²) >= 11 is 3.48. The van der Waals surface area contributed by atoms with Crippen LogP contribution in [0.25, 0.3) is 16.5 Å². The lowest BCUT2D eigenvalue weighted by Gasteiger charge is -2.26. The van der Waals surface area contributed by atoms with Gasteiger partial charge in [-0.2, -0.15) is 0 Å². The number of amides is 1. The monoisotopic (exact) mass is 508 g/mol. The van der Waals surface area contributed by atoms with Crippen LogP contribution >= 0.6 is 15.9 Å². The molecule has 0 spiro atoms. The highest BCUT2D eigenvalue weighted by atomic mass is 79.9. The smallest absolute Gasteiger partial charge is 0.295 e. The zero-order chi connectivity index (χ0) is 23.7. The molecule has 1 aliphatic heterocycles. The second-order valence-electron chi connectivity index (χ2n) is 8.28. The number of aliphatic hydroxyl groups excluding tert-OH is 1. The van der Waals surface area contributed by atoms with Gasteiger partial charge in [-0.15, -0.1) is 0 Å². The van der Waals surface area contributed by atoms with Crippen LogP contribution in [-0.2, 0) is 9.59 Å². The van der Waals surface area contributed by atoms with Crippen LogP contribution in [0.2, 0.25) is 0 Å². The largest absolute Gasteiger partial charge is 0.507 e. The minimum atomic E-state index is -0.675. The third-order valence-electron chi connectivity index (χ3n) is 5.81. The Bertz CT molecular complexity index is 1270. The number of ketones is 1. The van der Waals surface area contributed by atoms with Gasteiger partial charge in [-0.3, -0.25) is 9.59 Å². The lowest BCUT2D eigenvalue weighted by molar-refractivity contribution is -0.140. The number of ether oxygens (including phenoxy) is 1. The first-order chi connectivity index (χ1) is 15.8. The number of benzene rings is 3. The lowest BCUT2D eigenvalue weighted by atomic mass is 9.94. The fourth-order valence-electron chi connectivity index (χ4n) is 4.10. The summed E-state index contributed by atoms with van der Waals surface area (Å²) in [7, 11) is 5.43. The van der Waals surface area contributed by atoms with Crippen LogP contribution in [0.1, 0.15) is 17.2 Å². The Kier molecular flexibility index (Phi) is 6.54. The number of aliphatic hydroxyl groups is 1. The van der Waals surface area contributed by atoms with Gasteiger partial charge in [-0.05, 0) is 60.8 Å². The van der Waals surface area contributed by atoms with E-state index >= 15 is 0 Å². The van der Waals surface area contributed by atoms with E-state index < -0.39 is 17.7 Å². The minimum Gasteiger partial charge on any atom is -0.507 e. The lowest BCUT2D eigenvalue weighted by Crippen LogP contribution is -2.35. The fraction of sp³-hybridized carbons (Fsp3) is 0.231. The third-order valence-corrected chi connectivity index (χ3v) is 6.31. The molecule has 1 amide bonds. The van der Waals surface area contributed by atoms with E-state index in [1.165, 1.54) is 0 Å². The van der Waals surface area contributed by atoms with Crippen molar-refractivity contribution < 1.29 is 19.4 Å². The topological polar surface area (TPSA) is 70.1 Å². The summed E-state index contributed by atoms with van der Waals surface area (Å²) in [6, 6.07) is 17.9. The number of likely N-dealkylation sites (N-methyl/N-ethyl adjacent to an activating group) is 1. The predicted octanol–water partition coefficient (Wildman–Crippen LogP) is 4.59. The molecule has 1 heterocycles. The van der Waals surface area contributed by atoms with E-state index in [1.807, 2.05) is 73.6 Å². The molecule has 0 aliphatic carbocycles. The molecule has 1 unspecified atom stereocenters. The van der Waals surface area contributed by atoms with E-state index in [2.05, 4.69) is 15.9 Å². The molecule has 1 N–H and O–H groups in total. The highest BCUT2D eigenvalue weighted by Crippen LogP contribution is 2.40. The van der Waals surface area contributed by atoms with E-state index in [9.17, 15) is 14.7 Å². The molecule has 170 valence electrons. The Morgan fingerprint density at radius 3 is 2.48 bits per heavy atom. The van der Waals surface area contributed by atoms with Crippen molar-refractivity contribution in [2.24, 2.45) is 0 Å². The zero-order valence-corrected chi connectivity index (χ0v) is 20.3. The Morgan fingerprint density at radius 1 is 1.06 bits per heavy atom. The molecular weight excluding hydrogens is 484 g/mol. The van der Waals surface area contributed by atoms with Crippen LogP contribution in [0.4, 0.5) is 0 Å². The molecular formula is C26H25BrN2O4. The maximum Gasteiger partial charge on any atom is 0.295 e. The van der Waals surface area contributed by atoms with Gasteiger partial charge in [0, 0.05) is 23.1 Å². The number of fused-ring (bicyclic) bond motifs is 1. The number of hydrogen-bond acceptors (Lipinski definition) is 5. The van der Waals surface area contributed by atoms with E-state index in [-0.39, 0.29) is 11.3 Å². The Labute approximate surface area is 201 Å². The standard InChI is InChI=1S/C26H25BrN2O4/c1-28(2)11-12-29-23(18-5-4-6-20(27)14-18)22(25(31)26(29)32)24(30)19-8-7-17-15-21(33-3)10-9-16(17)13-19/h4-10,13-15,23,30H,11-12H2,1-3H3/b24-22+. The quantitative estimate of drug-likeness (QED) is 0.299. The summed E-state index contributed by atoms with van der Waals surface area (Å²) in [5.41, 5.74) is 1.34. The van der Waals surface area contributed by atoms with E-state index in [1.54, 1.807) is 18.1 Å². The molecule has 1 saturated heterocycles. The fourth-order valence-corrected chi connectivity index (χ4v) is 4.51. The number of likely N-dealkylation sites (tertiary alicyclic amines) is 1. The molecule has 1 aliphatic rings. The van der Waals surface area contributed by atoms with Crippen molar-refractivity contribution in [3.05, 3.63) is 81.8 Å². The number of nitrogens with zero attached hydrogens (tertiary/aromatic N) is 2. The molecule has 0 bridgehead atoms. The summed E-state index contributed by atoms with van der Waals surface area (Å²) < 4.78 is 6.11. The van der Waals surface area contributed by atoms with E-state index in [4.69, 9.17) is 4.74 Å². The number of carbonyl (C=O) groups excluding carboxylic acids is 2. The van der Waals surface area contributed by atoms with Crippen LogP contribution in [0, 0.1) is 0 Å². The third kappa shape index (κ3) is 4.51. The normalized spacial score (nSPS) is 17.8. The number of methoxy groups -OCH3 is 1. The molecule has 4 rings (SSSR count). The highest BCUT2D eigenvalue weighted by Gasteiger charge is 2.45. The molecule has 0 saturated carbocycles. The molecule has 7 heteroatoms.